The Morgan fingerprint density at radius 2 is 1.93 bits per heavy atom. The van der Waals surface area contributed by atoms with Crippen LogP contribution in [0.1, 0.15) is 37.2 Å². The van der Waals surface area contributed by atoms with Crippen LogP contribution in [0.2, 0.25) is 0 Å². The van der Waals surface area contributed by atoms with Gasteiger partial charge in [0.2, 0.25) is 0 Å². The van der Waals surface area contributed by atoms with Gasteiger partial charge in [0.15, 0.2) is 0 Å². The normalized spacial score (nSPS) is 25.9. The zero-order valence-electron chi connectivity index (χ0n) is 8.62. The van der Waals surface area contributed by atoms with Gasteiger partial charge in [0.05, 0.1) is 12.0 Å². The van der Waals surface area contributed by atoms with Gasteiger partial charge >= 0.3 is 0 Å². The van der Waals surface area contributed by atoms with Crippen LogP contribution >= 0.6 is 15.9 Å². The van der Waals surface area contributed by atoms with Crippen molar-refractivity contribution in [3.63, 3.8) is 0 Å². The van der Waals surface area contributed by atoms with Crippen LogP contribution in [-0.2, 0) is 0 Å². The first-order chi connectivity index (χ1) is 7.33. The maximum absolute atomic E-state index is 9.15. The summed E-state index contributed by atoms with van der Waals surface area (Å²) in [5.74, 6) is 0.636. The molecule has 1 saturated carbocycles. The third-order valence-corrected chi connectivity index (χ3v) is 3.96. The van der Waals surface area contributed by atoms with Crippen molar-refractivity contribution in [2.45, 2.75) is 31.6 Å². The van der Waals surface area contributed by atoms with E-state index in [4.69, 9.17) is 5.26 Å². The molecular formula is C13H14BrN. The molecule has 0 saturated heterocycles. The summed E-state index contributed by atoms with van der Waals surface area (Å²) in [5, 5.41) is 9.15. The van der Waals surface area contributed by atoms with Crippen LogP contribution in [0.3, 0.4) is 0 Å². The molecule has 0 bridgehead atoms. The van der Waals surface area contributed by atoms with Crippen LogP contribution in [0.4, 0.5) is 0 Å². The highest BCUT2D eigenvalue weighted by atomic mass is 79.9. The monoisotopic (exact) mass is 263 g/mol. The molecule has 0 aliphatic heterocycles. The molecule has 15 heavy (non-hydrogen) atoms. The Bertz CT molecular complexity index is 380. The quantitative estimate of drug-likeness (QED) is 0.744. The first-order valence-electron chi connectivity index (χ1n) is 5.47. The number of rotatable bonds is 1. The molecule has 1 aliphatic rings. The molecule has 0 N–H and O–H groups in total. The van der Waals surface area contributed by atoms with Crippen molar-refractivity contribution < 1.29 is 0 Å². The molecule has 1 aromatic carbocycles. The van der Waals surface area contributed by atoms with Gasteiger partial charge in [-0.1, -0.05) is 47.0 Å². The molecule has 2 unspecified atom stereocenters. The maximum atomic E-state index is 9.15. The lowest BCUT2D eigenvalue weighted by atomic mass is 9.76. The van der Waals surface area contributed by atoms with Gasteiger partial charge in [-0.25, -0.2) is 0 Å². The Kier molecular flexibility index (Phi) is 3.43. The van der Waals surface area contributed by atoms with E-state index in [1.165, 1.54) is 18.4 Å². The second-order valence-electron chi connectivity index (χ2n) is 4.15. The van der Waals surface area contributed by atoms with E-state index in [1.54, 1.807) is 0 Å². The van der Waals surface area contributed by atoms with Crippen molar-refractivity contribution in [1.82, 2.24) is 0 Å². The Balaban J connectivity index is 2.29. The topological polar surface area (TPSA) is 23.8 Å². The van der Waals surface area contributed by atoms with Gasteiger partial charge in [-0.05, 0) is 24.5 Å². The van der Waals surface area contributed by atoms with Crippen LogP contribution in [-0.4, -0.2) is 0 Å². The lowest BCUT2D eigenvalue weighted by Crippen LogP contribution is -2.16. The zero-order chi connectivity index (χ0) is 10.7. The van der Waals surface area contributed by atoms with Crippen molar-refractivity contribution in [3.8, 4) is 6.07 Å². The molecular weight excluding hydrogens is 250 g/mol. The first kappa shape index (κ1) is 10.7. The highest BCUT2D eigenvalue weighted by Crippen LogP contribution is 2.39. The summed E-state index contributed by atoms with van der Waals surface area (Å²) < 4.78 is 1.15. The maximum Gasteiger partial charge on any atom is 0.0662 e. The molecule has 0 radical (unpaired) electrons. The Labute approximate surface area is 99.2 Å². The molecule has 0 amide bonds. The van der Waals surface area contributed by atoms with E-state index in [9.17, 15) is 0 Å². The number of hydrogen-bond donors (Lipinski definition) is 0. The molecule has 2 heteroatoms. The van der Waals surface area contributed by atoms with Crippen molar-refractivity contribution in [2.75, 3.05) is 0 Å². The van der Waals surface area contributed by atoms with Gasteiger partial charge < -0.3 is 0 Å². The molecule has 78 valence electrons. The zero-order valence-corrected chi connectivity index (χ0v) is 10.2. The predicted octanol–water partition coefficient (Wildman–Crippen LogP) is 4.25. The predicted molar refractivity (Wildman–Crippen MR) is 64.5 cm³/mol. The van der Waals surface area contributed by atoms with Gasteiger partial charge in [-0.15, -0.1) is 0 Å². The third-order valence-electron chi connectivity index (χ3n) is 3.24. The summed E-state index contributed by atoms with van der Waals surface area (Å²) in [5.41, 5.74) is 1.31. The average molecular weight is 264 g/mol. The fourth-order valence-corrected chi connectivity index (χ4v) is 3.01. The number of nitrogens with zero attached hydrogens (tertiary/aromatic N) is 1. The summed E-state index contributed by atoms with van der Waals surface area (Å²) in [6.07, 6.45) is 4.67. The third kappa shape index (κ3) is 2.23. The van der Waals surface area contributed by atoms with Gasteiger partial charge in [0.1, 0.15) is 0 Å². The standard InChI is InChI=1S/C13H14BrN/c14-13-8-4-3-7-12(13)11-6-2-1-5-10(11)9-15/h3-4,7-8,10-11H,1-2,5-6H2. The van der Waals surface area contributed by atoms with Crippen LogP contribution in [0.15, 0.2) is 28.7 Å². The largest absolute Gasteiger partial charge is 0.198 e. The molecule has 0 aromatic heterocycles. The second kappa shape index (κ2) is 4.81. The molecule has 2 atom stereocenters. The van der Waals surface area contributed by atoms with E-state index < -0.39 is 0 Å². The van der Waals surface area contributed by atoms with Crippen molar-refractivity contribution in [3.05, 3.63) is 34.3 Å². The van der Waals surface area contributed by atoms with E-state index in [1.807, 2.05) is 6.07 Å². The van der Waals surface area contributed by atoms with Crippen molar-refractivity contribution in [1.29, 1.82) is 5.26 Å². The molecule has 0 spiro atoms. The minimum absolute atomic E-state index is 0.206. The summed E-state index contributed by atoms with van der Waals surface area (Å²) in [7, 11) is 0. The minimum Gasteiger partial charge on any atom is -0.198 e. The van der Waals surface area contributed by atoms with Gasteiger partial charge in [-0.3, -0.25) is 0 Å². The molecule has 2 rings (SSSR count). The Morgan fingerprint density at radius 3 is 2.67 bits per heavy atom. The number of hydrogen-bond acceptors (Lipinski definition) is 1. The smallest absolute Gasteiger partial charge is 0.0662 e. The second-order valence-corrected chi connectivity index (χ2v) is 5.00. The number of benzene rings is 1. The van der Waals surface area contributed by atoms with E-state index in [-0.39, 0.29) is 5.92 Å². The highest BCUT2D eigenvalue weighted by molar-refractivity contribution is 9.10. The lowest BCUT2D eigenvalue weighted by molar-refractivity contribution is 0.368. The average Bonchev–Trinajstić information content (AvgIpc) is 2.30. The van der Waals surface area contributed by atoms with E-state index in [0.717, 1.165) is 17.3 Å². The molecule has 0 heterocycles. The molecule has 1 aliphatic carbocycles. The lowest BCUT2D eigenvalue weighted by Gasteiger charge is -2.27. The Morgan fingerprint density at radius 1 is 1.20 bits per heavy atom. The highest BCUT2D eigenvalue weighted by Gasteiger charge is 2.27. The first-order valence-corrected chi connectivity index (χ1v) is 6.26. The number of halogens is 1. The van der Waals surface area contributed by atoms with Crippen LogP contribution in [0, 0.1) is 17.2 Å². The fourth-order valence-electron chi connectivity index (χ4n) is 2.43. The molecule has 1 fully saturated rings. The molecule has 1 nitrogen and oxygen atoms in total. The van der Waals surface area contributed by atoms with Crippen LogP contribution in [0.25, 0.3) is 0 Å². The van der Waals surface area contributed by atoms with Gasteiger partial charge in [0, 0.05) is 10.4 Å². The summed E-state index contributed by atoms with van der Waals surface area (Å²) in [4.78, 5) is 0. The molecule has 1 aromatic rings. The van der Waals surface area contributed by atoms with E-state index in [2.05, 4.69) is 40.2 Å². The SMILES string of the molecule is N#CC1CCCCC1c1ccccc1Br. The van der Waals surface area contributed by atoms with Crippen molar-refractivity contribution >= 4 is 15.9 Å². The van der Waals surface area contributed by atoms with Gasteiger partial charge in [0.25, 0.3) is 0 Å². The minimum atomic E-state index is 0.206. The summed E-state index contributed by atoms with van der Waals surface area (Å²) in [6.45, 7) is 0. The van der Waals surface area contributed by atoms with Gasteiger partial charge in [-0.2, -0.15) is 5.26 Å². The van der Waals surface area contributed by atoms with E-state index >= 15 is 0 Å². The van der Waals surface area contributed by atoms with Crippen LogP contribution < -0.4 is 0 Å². The summed E-state index contributed by atoms with van der Waals surface area (Å²) in [6, 6.07) is 10.8. The Hall–Kier alpha value is -0.810. The fraction of sp³-hybridized carbons (Fsp3) is 0.462. The van der Waals surface area contributed by atoms with E-state index in [0.29, 0.717) is 5.92 Å². The van der Waals surface area contributed by atoms with Crippen LogP contribution in [0.5, 0.6) is 0 Å². The summed E-state index contributed by atoms with van der Waals surface area (Å²) >= 11 is 3.58. The van der Waals surface area contributed by atoms with Crippen molar-refractivity contribution in [2.24, 2.45) is 5.92 Å². The number of nitriles is 1.